The lowest BCUT2D eigenvalue weighted by atomic mass is 10.0. The van der Waals surface area contributed by atoms with Crippen LogP contribution in [0.3, 0.4) is 0 Å². The maximum atomic E-state index is 12.3. The predicted molar refractivity (Wildman–Crippen MR) is 131 cm³/mol. The Bertz CT molecular complexity index is 1230. The van der Waals surface area contributed by atoms with Crippen molar-refractivity contribution in [3.63, 3.8) is 0 Å². The number of nitrogens with one attached hydrogen (secondary N) is 1. The van der Waals surface area contributed by atoms with Gasteiger partial charge in [-0.1, -0.05) is 32.9 Å². The van der Waals surface area contributed by atoms with Crippen molar-refractivity contribution in [2.24, 2.45) is 0 Å². The molecule has 0 unspecified atom stereocenters. The summed E-state index contributed by atoms with van der Waals surface area (Å²) >= 11 is 3.56. The normalized spacial score (nSPS) is 11.2. The van der Waals surface area contributed by atoms with Gasteiger partial charge in [-0.3, -0.25) is 4.79 Å². The smallest absolute Gasteiger partial charge is 0.262 e. The molecule has 0 fully saturated rings. The van der Waals surface area contributed by atoms with Crippen LogP contribution in [0.15, 0.2) is 69.6 Å². The topological polar surface area (TPSA) is 64.4 Å². The Labute approximate surface area is 195 Å². The molecule has 0 saturated carbocycles. The number of nitrogens with zero attached hydrogens (tertiary/aromatic N) is 1. The van der Waals surface area contributed by atoms with Crippen LogP contribution in [0.2, 0.25) is 0 Å². The molecular weight excluding hydrogens is 468 g/mol. The molecule has 0 bridgehead atoms. The summed E-state index contributed by atoms with van der Waals surface area (Å²) in [7, 11) is 0. The number of anilines is 1. The third-order valence-corrected chi connectivity index (χ3v) is 5.83. The van der Waals surface area contributed by atoms with Gasteiger partial charge in [0.2, 0.25) is 5.89 Å². The summed E-state index contributed by atoms with van der Waals surface area (Å²) in [5.74, 6) is 1.46. The Morgan fingerprint density at radius 3 is 2.47 bits per heavy atom. The molecule has 0 saturated heterocycles. The number of carbonyl (C=O) groups is 1. The van der Waals surface area contributed by atoms with Gasteiger partial charge in [0, 0.05) is 11.3 Å². The molecule has 4 rings (SSSR count). The van der Waals surface area contributed by atoms with Crippen molar-refractivity contribution in [1.82, 2.24) is 4.98 Å². The lowest BCUT2D eigenvalue weighted by molar-refractivity contribution is -0.118. The van der Waals surface area contributed by atoms with Crippen LogP contribution in [0, 0.1) is 0 Å². The number of fused-ring (bicyclic) bond motifs is 1. The second-order valence-corrected chi connectivity index (χ2v) is 8.79. The van der Waals surface area contributed by atoms with Crippen LogP contribution in [0.25, 0.3) is 22.6 Å². The van der Waals surface area contributed by atoms with Crippen molar-refractivity contribution in [3.8, 4) is 17.2 Å². The number of hydrogen-bond acceptors (Lipinski definition) is 4. The first-order valence-corrected chi connectivity index (χ1v) is 11.4. The van der Waals surface area contributed by atoms with Gasteiger partial charge in [-0.05, 0) is 87.9 Å². The molecule has 1 N–H and O–H groups in total. The van der Waals surface area contributed by atoms with E-state index in [1.165, 1.54) is 11.1 Å². The Morgan fingerprint density at radius 2 is 1.81 bits per heavy atom. The fraction of sp³-hybridized carbons (Fsp3) is 0.231. The zero-order valence-corrected chi connectivity index (χ0v) is 19.9. The molecule has 5 nitrogen and oxygen atoms in total. The van der Waals surface area contributed by atoms with E-state index in [1.54, 1.807) is 0 Å². The van der Waals surface area contributed by atoms with E-state index in [1.807, 2.05) is 54.6 Å². The van der Waals surface area contributed by atoms with Crippen LogP contribution in [0.4, 0.5) is 5.69 Å². The number of aromatic nitrogens is 1. The van der Waals surface area contributed by atoms with Crippen LogP contribution in [0.1, 0.15) is 37.8 Å². The molecule has 0 radical (unpaired) electrons. The van der Waals surface area contributed by atoms with E-state index in [0.717, 1.165) is 27.6 Å². The van der Waals surface area contributed by atoms with Gasteiger partial charge < -0.3 is 14.5 Å². The molecule has 0 aliphatic carbocycles. The molecule has 0 aliphatic rings. The van der Waals surface area contributed by atoms with Gasteiger partial charge >= 0.3 is 0 Å². The fourth-order valence-electron chi connectivity index (χ4n) is 3.37. The summed E-state index contributed by atoms with van der Waals surface area (Å²) in [5.41, 5.74) is 5.50. The molecule has 164 valence electrons. The van der Waals surface area contributed by atoms with Gasteiger partial charge in [0.25, 0.3) is 5.91 Å². The van der Waals surface area contributed by atoms with Gasteiger partial charge in [-0.15, -0.1) is 0 Å². The molecule has 0 spiro atoms. The highest BCUT2D eigenvalue weighted by molar-refractivity contribution is 9.10. The van der Waals surface area contributed by atoms with E-state index >= 15 is 0 Å². The van der Waals surface area contributed by atoms with Gasteiger partial charge in [0.1, 0.15) is 11.3 Å². The second-order valence-electron chi connectivity index (χ2n) is 7.94. The van der Waals surface area contributed by atoms with Crippen molar-refractivity contribution < 1.29 is 13.9 Å². The molecular formula is C26H25BrN2O3. The number of hydrogen-bond donors (Lipinski definition) is 1. The first kappa shape index (κ1) is 22.1. The third kappa shape index (κ3) is 5.02. The van der Waals surface area contributed by atoms with Crippen molar-refractivity contribution in [3.05, 3.63) is 76.3 Å². The van der Waals surface area contributed by atoms with Gasteiger partial charge in [-0.2, -0.15) is 0 Å². The van der Waals surface area contributed by atoms with E-state index in [2.05, 4.69) is 53.1 Å². The number of carbonyl (C=O) groups excluding carboxylic acids is 1. The first-order valence-electron chi connectivity index (χ1n) is 10.6. The summed E-state index contributed by atoms with van der Waals surface area (Å²) in [4.78, 5) is 16.9. The lowest BCUT2D eigenvalue weighted by Gasteiger charge is -2.09. The van der Waals surface area contributed by atoms with Crippen molar-refractivity contribution >= 4 is 38.6 Å². The van der Waals surface area contributed by atoms with Crippen LogP contribution in [0.5, 0.6) is 5.75 Å². The monoisotopic (exact) mass is 492 g/mol. The second kappa shape index (κ2) is 9.57. The predicted octanol–water partition coefficient (Wildman–Crippen LogP) is 6.96. The quantitative estimate of drug-likeness (QED) is 0.302. The molecule has 6 heteroatoms. The molecule has 3 aromatic carbocycles. The van der Waals surface area contributed by atoms with E-state index in [0.29, 0.717) is 23.2 Å². The Morgan fingerprint density at radius 1 is 1.09 bits per heavy atom. The van der Waals surface area contributed by atoms with Gasteiger partial charge in [-0.25, -0.2) is 4.98 Å². The highest BCUT2D eigenvalue weighted by atomic mass is 79.9. The highest BCUT2D eigenvalue weighted by Crippen LogP contribution is 2.31. The Kier molecular flexibility index (Phi) is 6.61. The summed E-state index contributed by atoms with van der Waals surface area (Å²) in [6.07, 6.45) is 0.929. The first-order chi connectivity index (χ1) is 15.4. The van der Waals surface area contributed by atoms with E-state index < -0.39 is 0 Å². The Hall–Kier alpha value is -3.12. The van der Waals surface area contributed by atoms with E-state index in [-0.39, 0.29) is 12.5 Å². The standard InChI is InChI=1S/C26H25BrN2O3/c1-4-17-13-22(27)25-23(14-17)29-26(32-25)19-5-9-20(10-6-19)28-24(30)15-31-21-11-7-18(8-12-21)16(2)3/h5-14,16H,4,15H2,1-3H3,(H,28,30). The van der Waals surface area contributed by atoms with Crippen LogP contribution >= 0.6 is 15.9 Å². The maximum absolute atomic E-state index is 12.3. The number of ether oxygens (including phenoxy) is 1. The largest absolute Gasteiger partial charge is 0.484 e. The molecule has 1 amide bonds. The number of benzene rings is 3. The van der Waals surface area contributed by atoms with Gasteiger partial charge in [0.15, 0.2) is 12.2 Å². The minimum atomic E-state index is -0.219. The highest BCUT2D eigenvalue weighted by Gasteiger charge is 2.12. The summed E-state index contributed by atoms with van der Waals surface area (Å²) < 4.78 is 12.4. The van der Waals surface area contributed by atoms with Gasteiger partial charge in [0.05, 0.1) is 4.47 Å². The zero-order valence-electron chi connectivity index (χ0n) is 18.3. The Balaban J connectivity index is 1.38. The minimum absolute atomic E-state index is 0.0539. The van der Waals surface area contributed by atoms with Crippen molar-refractivity contribution in [2.45, 2.75) is 33.1 Å². The third-order valence-electron chi connectivity index (χ3n) is 5.25. The van der Waals surface area contributed by atoms with Crippen LogP contribution in [-0.4, -0.2) is 17.5 Å². The van der Waals surface area contributed by atoms with Crippen LogP contribution in [-0.2, 0) is 11.2 Å². The van der Waals surface area contributed by atoms with Crippen molar-refractivity contribution in [2.75, 3.05) is 11.9 Å². The maximum Gasteiger partial charge on any atom is 0.262 e. The van der Waals surface area contributed by atoms with E-state index in [9.17, 15) is 4.79 Å². The zero-order chi connectivity index (χ0) is 22.7. The van der Waals surface area contributed by atoms with E-state index in [4.69, 9.17) is 9.15 Å². The SMILES string of the molecule is CCc1cc(Br)c2oc(-c3ccc(NC(=O)COc4ccc(C(C)C)cc4)cc3)nc2c1. The summed E-state index contributed by atoms with van der Waals surface area (Å²) in [6, 6.07) is 19.3. The number of halogens is 1. The molecule has 4 aromatic rings. The lowest BCUT2D eigenvalue weighted by Crippen LogP contribution is -2.20. The molecule has 32 heavy (non-hydrogen) atoms. The summed E-state index contributed by atoms with van der Waals surface area (Å²) in [6.45, 7) is 6.33. The average Bonchev–Trinajstić information content (AvgIpc) is 3.23. The van der Waals surface area contributed by atoms with Crippen molar-refractivity contribution in [1.29, 1.82) is 0 Å². The minimum Gasteiger partial charge on any atom is -0.484 e. The molecule has 0 atom stereocenters. The average molecular weight is 493 g/mol. The number of oxazole rings is 1. The molecule has 0 aliphatic heterocycles. The number of amides is 1. The number of aryl methyl sites for hydroxylation is 1. The number of rotatable bonds is 7. The molecule has 1 heterocycles. The summed E-state index contributed by atoms with van der Waals surface area (Å²) in [5, 5.41) is 2.85. The van der Waals surface area contributed by atoms with Crippen LogP contribution < -0.4 is 10.1 Å². The fourth-order valence-corrected chi connectivity index (χ4v) is 3.94. The molecule has 1 aromatic heterocycles.